The molecule has 330 valence electrons. The number of benzene rings is 4. The Kier molecular flexibility index (Phi) is 13.6. The zero-order valence-corrected chi connectivity index (χ0v) is 35.5. The van der Waals surface area contributed by atoms with Gasteiger partial charge in [-0.25, -0.2) is 4.39 Å². The topological polar surface area (TPSA) is 156 Å². The molecule has 0 saturated carbocycles. The quantitative estimate of drug-likeness (QED) is 0.0755. The van der Waals surface area contributed by atoms with Crippen LogP contribution in [0.4, 0.5) is 4.39 Å². The predicted molar refractivity (Wildman–Crippen MR) is 237 cm³/mol. The van der Waals surface area contributed by atoms with Gasteiger partial charge >= 0.3 is 5.97 Å². The fourth-order valence-corrected chi connectivity index (χ4v) is 9.59. The van der Waals surface area contributed by atoms with Crippen molar-refractivity contribution >= 4 is 28.7 Å². The van der Waals surface area contributed by atoms with Crippen LogP contribution in [0.2, 0.25) is 0 Å². The van der Waals surface area contributed by atoms with Crippen molar-refractivity contribution in [3.05, 3.63) is 147 Å². The van der Waals surface area contributed by atoms with Gasteiger partial charge in [0.05, 0.1) is 29.9 Å². The Morgan fingerprint density at radius 1 is 0.873 bits per heavy atom. The fourth-order valence-electron chi connectivity index (χ4n) is 9.59. The van der Waals surface area contributed by atoms with Gasteiger partial charge in [-0.15, -0.1) is 0 Å². The number of esters is 1. The highest BCUT2D eigenvalue weighted by Crippen LogP contribution is 2.39. The lowest BCUT2D eigenvalue weighted by Gasteiger charge is -2.46. The Hall–Kier alpha value is -5.89. The number of piperidine rings is 4. The molecule has 1 aromatic heterocycles. The van der Waals surface area contributed by atoms with Crippen LogP contribution in [-0.4, -0.2) is 106 Å². The van der Waals surface area contributed by atoms with E-state index in [0.29, 0.717) is 67.9 Å². The number of aromatic hydroxyl groups is 1. The summed E-state index contributed by atoms with van der Waals surface area (Å²) in [5, 5.41) is 24.9. The van der Waals surface area contributed by atoms with Crippen LogP contribution in [-0.2, 0) is 43.9 Å². The largest absolute Gasteiger partial charge is 0.506 e. The van der Waals surface area contributed by atoms with Crippen molar-refractivity contribution in [2.75, 3.05) is 52.4 Å². The molecule has 2 amide bonds. The second-order valence-electron chi connectivity index (χ2n) is 17.4. The molecule has 13 heteroatoms. The lowest BCUT2D eigenvalue weighted by molar-refractivity contribution is -0.168. The SMILES string of the molecule is O=C(Cc1ccc(CC(=O)N(CCCNCC(O)c2ccc(O)c3[nH]c(=O)ccc23)Cc2cccc(F)c2)cc1)N1CCC(C(=O)O[C@H]2CN3CCC2CC3)(c2ccccc2)CC1. The van der Waals surface area contributed by atoms with Crippen molar-refractivity contribution in [3.63, 3.8) is 0 Å². The number of hydrogen-bond donors (Lipinski definition) is 4. The molecule has 4 aromatic carbocycles. The minimum Gasteiger partial charge on any atom is -0.506 e. The fraction of sp³-hybridized carbons (Fsp3) is 0.400. The van der Waals surface area contributed by atoms with Crippen molar-refractivity contribution in [3.8, 4) is 5.75 Å². The summed E-state index contributed by atoms with van der Waals surface area (Å²) in [4.78, 5) is 61.8. The Morgan fingerprint density at radius 2 is 1.60 bits per heavy atom. The van der Waals surface area contributed by atoms with Crippen LogP contribution in [0, 0.1) is 11.7 Å². The summed E-state index contributed by atoms with van der Waals surface area (Å²) in [5.41, 5.74) is 2.89. The molecule has 4 aliphatic rings. The summed E-state index contributed by atoms with van der Waals surface area (Å²) in [6.45, 7) is 5.13. The molecular formula is C50H56FN5O7. The van der Waals surface area contributed by atoms with Gasteiger partial charge in [-0.05, 0) is 110 Å². The number of rotatable bonds is 16. The van der Waals surface area contributed by atoms with E-state index in [1.165, 1.54) is 24.3 Å². The average Bonchev–Trinajstić information content (AvgIpc) is 3.30. The number of pyridine rings is 1. The third kappa shape index (κ3) is 10.3. The zero-order valence-electron chi connectivity index (χ0n) is 35.5. The second-order valence-corrected chi connectivity index (χ2v) is 17.4. The van der Waals surface area contributed by atoms with Gasteiger partial charge in [-0.1, -0.05) is 72.8 Å². The number of carbonyl (C=O) groups excluding carboxylic acids is 3. The number of hydrogen-bond acceptors (Lipinski definition) is 9. The van der Waals surface area contributed by atoms with Crippen LogP contribution >= 0.6 is 0 Å². The number of aliphatic hydroxyl groups excluding tert-OH is 1. The van der Waals surface area contributed by atoms with Crippen molar-refractivity contribution in [1.82, 2.24) is 25.0 Å². The van der Waals surface area contributed by atoms with Gasteiger partial charge in [-0.3, -0.25) is 24.1 Å². The maximum Gasteiger partial charge on any atom is 0.317 e. The number of fused-ring (bicyclic) bond motifs is 4. The number of likely N-dealkylation sites (tertiary alicyclic amines) is 1. The molecule has 1 unspecified atom stereocenters. The molecule has 2 atom stereocenters. The third-order valence-corrected chi connectivity index (χ3v) is 13.3. The number of aliphatic hydroxyl groups is 1. The minimum atomic E-state index is -0.920. The predicted octanol–water partition coefficient (Wildman–Crippen LogP) is 5.40. The smallest absolute Gasteiger partial charge is 0.317 e. The van der Waals surface area contributed by atoms with Gasteiger partial charge in [0, 0.05) is 50.7 Å². The van der Waals surface area contributed by atoms with Crippen molar-refractivity contribution in [2.24, 2.45) is 5.92 Å². The van der Waals surface area contributed by atoms with E-state index < -0.39 is 11.5 Å². The van der Waals surface area contributed by atoms with E-state index in [9.17, 15) is 33.8 Å². The summed E-state index contributed by atoms with van der Waals surface area (Å²) < 4.78 is 20.5. The van der Waals surface area contributed by atoms with Crippen LogP contribution in [0.1, 0.15) is 66.0 Å². The summed E-state index contributed by atoms with van der Waals surface area (Å²) in [7, 11) is 0. The van der Waals surface area contributed by atoms with Crippen molar-refractivity contribution in [2.45, 2.75) is 69.1 Å². The maximum atomic E-state index is 14.1. The number of halogens is 1. The van der Waals surface area contributed by atoms with E-state index in [1.54, 1.807) is 29.2 Å². The molecule has 9 rings (SSSR count). The highest BCUT2D eigenvalue weighted by Gasteiger charge is 2.47. The van der Waals surface area contributed by atoms with E-state index in [-0.39, 0.29) is 72.5 Å². The van der Waals surface area contributed by atoms with Crippen LogP contribution in [0.5, 0.6) is 5.75 Å². The lowest BCUT2D eigenvalue weighted by Crippen LogP contribution is -2.55. The molecule has 4 N–H and O–H groups in total. The number of nitrogens with one attached hydrogen (secondary N) is 2. The first-order chi connectivity index (χ1) is 30.5. The number of phenols is 1. The molecule has 5 heterocycles. The Labute approximate surface area is 366 Å². The molecule has 4 fully saturated rings. The molecule has 5 aromatic rings. The van der Waals surface area contributed by atoms with Gasteiger partial charge in [0.1, 0.15) is 17.7 Å². The summed E-state index contributed by atoms with van der Waals surface area (Å²) in [6, 6.07) is 29.5. The van der Waals surface area contributed by atoms with Crippen LogP contribution in [0.3, 0.4) is 0 Å². The third-order valence-electron chi connectivity index (χ3n) is 13.3. The monoisotopic (exact) mass is 857 g/mol. The van der Waals surface area contributed by atoms with Gasteiger partial charge in [-0.2, -0.15) is 0 Å². The number of amides is 2. The normalized spacial score (nSPS) is 19.7. The van der Waals surface area contributed by atoms with Crippen LogP contribution < -0.4 is 10.9 Å². The number of aromatic amines is 1. The van der Waals surface area contributed by atoms with Gasteiger partial charge in [0.15, 0.2) is 0 Å². The van der Waals surface area contributed by atoms with E-state index >= 15 is 0 Å². The number of ether oxygens (including phenoxy) is 1. The second kappa shape index (κ2) is 19.7. The number of aromatic nitrogens is 1. The molecule has 2 bridgehead atoms. The number of nitrogens with zero attached hydrogens (tertiary/aromatic N) is 3. The molecule has 0 spiro atoms. The van der Waals surface area contributed by atoms with E-state index in [1.807, 2.05) is 59.5 Å². The van der Waals surface area contributed by atoms with E-state index in [4.69, 9.17) is 4.74 Å². The minimum absolute atomic E-state index is 0.0126. The average molecular weight is 858 g/mol. The van der Waals surface area contributed by atoms with Crippen LogP contribution in [0.15, 0.2) is 108 Å². The number of carbonyl (C=O) groups is 3. The first kappa shape index (κ1) is 43.7. The standard InChI is InChI=1S/C50H56FN5O7/c51-39-9-4-6-36(28-39)32-56(23-5-22-52-31-43(58)40-14-16-42(57)48-41(40)15-17-45(59)53-48)47(61)30-35-12-10-34(11-13-35)29-46(60)55-26-20-50(21-27-55,38-7-2-1-3-8-38)49(62)63-44-33-54-24-18-37(44)19-25-54/h1-4,6-17,28,37,43-44,52,57-58H,5,18-27,29-33H2,(H,53,59)/t43?,44-/m0/s1. The number of phenolic OH excluding ortho intramolecular Hbond substituents is 1. The zero-order chi connectivity index (χ0) is 43.9. The highest BCUT2D eigenvalue weighted by atomic mass is 19.1. The summed E-state index contributed by atoms with van der Waals surface area (Å²) >= 11 is 0. The Bertz CT molecular complexity index is 2450. The molecule has 0 aliphatic carbocycles. The van der Waals surface area contributed by atoms with Crippen molar-refractivity contribution < 1.29 is 33.7 Å². The highest BCUT2D eigenvalue weighted by molar-refractivity contribution is 5.87. The molecule has 4 saturated heterocycles. The maximum absolute atomic E-state index is 14.1. The molecule has 12 nitrogen and oxygen atoms in total. The molecule has 0 radical (unpaired) electrons. The van der Waals surface area contributed by atoms with E-state index in [0.717, 1.165) is 49.2 Å². The molecule has 63 heavy (non-hydrogen) atoms. The summed E-state index contributed by atoms with van der Waals surface area (Å²) in [6.07, 6.45) is 2.99. The Balaban J connectivity index is 0.843. The summed E-state index contributed by atoms with van der Waals surface area (Å²) in [5.74, 6) is -0.367. The van der Waals surface area contributed by atoms with Gasteiger partial charge < -0.3 is 35.1 Å². The van der Waals surface area contributed by atoms with Gasteiger partial charge in [0.2, 0.25) is 17.4 Å². The molecular weight excluding hydrogens is 802 g/mol. The number of H-pyrrole nitrogens is 1. The van der Waals surface area contributed by atoms with E-state index in [2.05, 4.69) is 15.2 Å². The Morgan fingerprint density at radius 3 is 2.30 bits per heavy atom. The first-order valence-electron chi connectivity index (χ1n) is 22.1. The molecule has 4 aliphatic heterocycles. The van der Waals surface area contributed by atoms with Gasteiger partial charge in [0.25, 0.3) is 0 Å². The lowest BCUT2D eigenvalue weighted by atomic mass is 9.72. The first-order valence-corrected chi connectivity index (χ1v) is 22.1. The van der Waals surface area contributed by atoms with Crippen LogP contribution in [0.25, 0.3) is 10.9 Å². The van der Waals surface area contributed by atoms with Crippen molar-refractivity contribution in [1.29, 1.82) is 0 Å².